The monoisotopic (exact) mass is 461 g/mol. The smallest absolute Gasteiger partial charge is 0.252 e. The van der Waals surface area contributed by atoms with Gasteiger partial charge < -0.3 is 14.6 Å². The van der Waals surface area contributed by atoms with Gasteiger partial charge in [-0.05, 0) is 61.7 Å². The van der Waals surface area contributed by atoms with E-state index in [2.05, 4.69) is 35.0 Å². The number of amides is 1. The van der Waals surface area contributed by atoms with Crippen molar-refractivity contribution in [2.75, 3.05) is 13.2 Å². The largest absolute Gasteiger partial charge is 0.494 e. The number of nitrogens with zero attached hydrogens (tertiary/aromatic N) is 2. The lowest BCUT2D eigenvalue weighted by Crippen LogP contribution is -2.25. The molecule has 33 heavy (non-hydrogen) atoms. The first-order chi connectivity index (χ1) is 16.1. The van der Waals surface area contributed by atoms with E-state index in [1.54, 1.807) is 12.1 Å². The molecule has 0 saturated heterocycles. The Morgan fingerprint density at radius 1 is 1.03 bits per heavy atom. The number of fused-ring (bicyclic) bond motifs is 1. The minimum Gasteiger partial charge on any atom is -0.494 e. The second-order valence-corrected chi connectivity index (χ2v) is 8.43. The van der Waals surface area contributed by atoms with E-state index in [0.717, 1.165) is 48.4 Å². The molecule has 1 aromatic heterocycles. The lowest BCUT2D eigenvalue weighted by atomic mass is 10.2. The lowest BCUT2D eigenvalue weighted by Gasteiger charge is -2.11. The van der Waals surface area contributed by atoms with Crippen LogP contribution in [0.2, 0.25) is 5.02 Å². The predicted molar refractivity (Wildman–Crippen MR) is 133 cm³/mol. The maximum absolute atomic E-state index is 12.4. The van der Waals surface area contributed by atoms with Crippen molar-refractivity contribution in [3.63, 3.8) is 0 Å². The second kappa shape index (κ2) is 11.0. The van der Waals surface area contributed by atoms with Crippen LogP contribution in [0.4, 0.5) is 0 Å². The van der Waals surface area contributed by atoms with Crippen LogP contribution >= 0.6 is 11.6 Å². The fourth-order valence-electron chi connectivity index (χ4n) is 3.87. The molecule has 0 aliphatic carbocycles. The number of ether oxygens (including phenoxy) is 1. The Balaban J connectivity index is 1.33. The number of hydrogen-bond acceptors (Lipinski definition) is 3. The zero-order chi connectivity index (χ0) is 23.0. The molecular formula is C27H28ClN3O2. The minimum absolute atomic E-state index is 0.151. The van der Waals surface area contributed by atoms with Gasteiger partial charge in [-0.1, -0.05) is 48.0 Å². The molecule has 0 aliphatic rings. The first-order valence-corrected chi connectivity index (χ1v) is 11.7. The van der Waals surface area contributed by atoms with Crippen molar-refractivity contribution in [3.8, 4) is 5.75 Å². The summed E-state index contributed by atoms with van der Waals surface area (Å²) < 4.78 is 8.19. The number of hydrogen-bond donors (Lipinski definition) is 1. The van der Waals surface area contributed by atoms with Gasteiger partial charge in [0.05, 0.1) is 28.2 Å². The van der Waals surface area contributed by atoms with Crippen molar-refractivity contribution in [2.24, 2.45) is 0 Å². The normalized spacial score (nSPS) is 11.0. The quantitative estimate of drug-likeness (QED) is 0.302. The Morgan fingerprint density at radius 2 is 1.85 bits per heavy atom. The molecule has 4 aromatic rings. The van der Waals surface area contributed by atoms with Gasteiger partial charge in [0.15, 0.2) is 0 Å². The number of benzene rings is 3. The molecule has 0 saturated carbocycles. The van der Waals surface area contributed by atoms with Crippen LogP contribution in [0.1, 0.15) is 34.6 Å². The number of halogens is 1. The van der Waals surface area contributed by atoms with E-state index < -0.39 is 0 Å². The van der Waals surface area contributed by atoms with Crippen molar-refractivity contribution in [1.29, 1.82) is 0 Å². The molecule has 3 aromatic carbocycles. The van der Waals surface area contributed by atoms with Gasteiger partial charge in [-0.15, -0.1) is 0 Å². The van der Waals surface area contributed by atoms with Crippen molar-refractivity contribution in [1.82, 2.24) is 14.9 Å². The van der Waals surface area contributed by atoms with Gasteiger partial charge in [0.2, 0.25) is 0 Å². The summed E-state index contributed by atoms with van der Waals surface area (Å²) in [6.07, 6.45) is 2.44. The van der Waals surface area contributed by atoms with E-state index >= 15 is 0 Å². The molecular weight excluding hydrogens is 434 g/mol. The topological polar surface area (TPSA) is 56.1 Å². The number of rotatable bonds is 10. The highest BCUT2D eigenvalue weighted by molar-refractivity contribution is 6.33. The first kappa shape index (κ1) is 22.9. The summed E-state index contributed by atoms with van der Waals surface area (Å²) in [5, 5.41) is 3.42. The summed E-state index contributed by atoms with van der Waals surface area (Å²) >= 11 is 6.12. The molecule has 1 heterocycles. The Morgan fingerprint density at radius 3 is 2.70 bits per heavy atom. The van der Waals surface area contributed by atoms with Gasteiger partial charge in [0.25, 0.3) is 5.91 Å². The molecule has 5 nitrogen and oxygen atoms in total. The summed E-state index contributed by atoms with van der Waals surface area (Å²) in [7, 11) is 0. The standard InChI is InChI=1S/C27H28ClN3O2/c1-20-9-6-10-21(19-20)33-18-8-17-31-25-14-5-4-13-24(25)30-26(31)15-7-16-29-27(32)22-11-2-3-12-23(22)28/h2-6,9-14,19H,7-8,15-18H2,1H3,(H,29,32). The van der Waals surface area contributed by atoms with Gasteiger partial charge in [-0.3, -0.25) is 4.79 Å². The summed E-state index contributed by atoms with van der Waals surface area (Å²) in [5.41, 5.74) is 3.81. The molecule has 6 heteroatoms. The highest BCUT2D eigenvalue weighted by atomic mass is 35.5. The van der Waals surface area contributed by atoms with E-state index in [0.29, 0.717) is 23.7 Å². The SMILES string of the molecule is Cc1cccc(OCCCn2c(CCCNC(=O)c3ccccc3Cl)nc3ccccc32)c1. The van der Waals surface area contributed by atoms with Crippen LogP contribution in [-0.4, -0.2) is 28.6 Å². The van der Waals surface area contributed by atoms with Gasteiger partial charge in [-0.25, -0.2) is 4.98 Å². The Hall–Kier alpha value is -3.31. The Kier molecular flexibility index (Phi) is 7.63. The van der Waals surface area contributed by atoms with Crippen LogP contribution in [0.3, 0.4) is 0 Å². The van der Waals surface area contributed by atoms with Gasteiger partial charge in [0.1, 0.15) is 11.6 Å². The summed E-state index contributed by atoms with van der Waals surface area (Å²) in [6, 6.07) is 23.4. The van der Waals surface area contributed by atoms with E-state index in [1.165, 1.54) is 5.56 Å². The molecule has 4 rings (SSSR count). The van der Waals surface area contributed by atoms with Crippen molar-refractivity contribution in [3.05, 3.63) is 94.8 Å². The van der Waals surface area contributed by atoms with E-state index in [-0.39, 0.29) is 5.91 Å². The van der Waals surface area contributed by atoms with Gasteiger partial charge >= 0.3 is 0 Å². The van der Waals surface area contributed by atoms with Gasteiger partial charge in [-0.2, -0.15) is 0 Å². The summed E-state index contributed by atoms with van der Waals surface area (Å²) in [4.78, 5) is 17.2. The zero-order valence-corrected chi connectivity index (χ0v) is 19.5. The molecule has 0 aliphatic heterocycles. The number of aryl methyl sites for hydroxylation is 3. The molecule has 1 amide bonds. The van der Waals surface area contributed by atoms with E-state index in [1.807, 2.05) is 42.5 Å². The highest BCUT2D eigenvalue weighted by Crippen LogP contribution is 2.19. The van der Waals surface area contributed by atoms with E-state index in [4.69, 9.17) is 21.3 Å². The average Bonchev–Trinajstić information content (AvgIpc) is 3.17. The van der Waals surface area contributed by atoms with Crippen LogP contribution in [0.15, 0.2) is 72.8 Å². The van der Waals surface area contributed by atoms with Crippen molar-refractivity contribution >= 4 is 28.5 Å². The van der Waals surface area contributed by atoms with Crippen LogP contribution in [-0.2, 0) is 13.0 Å². The van der Waals surface area contributed by atoms with E-state index in [9.17, 15) is 4.79 Å². The molecule has 0 fully saturated rings. The number of carbonyl (C=O) groups is 1. The maximum Gasteiger partial charge on any atom is 0.252 e. The molecule has 0 bridgehead atoms. The fourth-order valence-corrected chi connectivity index (χ4v) is 4.09. The third-order valence-electron chi connectivity index (χ3n) is 5.50. The van der Waals surface area contributed by atoms with Crippen LogP contribution in [0, 0.1) is 6.92 Å². The number of imidazole rings is 1. The molecule has 0 atom stereocenters. The third-order valence-corrected chi connectivity index (χ3v) is 5.83. The Bertz CT molecular complexity index is 1240. The van der Waals surface area contributed by atoms with Gasteiger partial charge in [0, 0.05) is 19.5 Å². The zero-order valence-electron chi connectivity index (χ0n) is 18.8. The molecule has 0 spiro atoms. The molecule has 0 unspecified atom stereocenters. The molecule has 170 valence electrons. The maximum atomic E-state index is 12.4. The van der Waals surface area contributed by atoms with Crippen LogP contribution < -0.4 is 10.1 Å². The minimum atomic E-state index is -0.151. The number of aromatic nitrogens is 2. The van der Waals surface area contributed by atoms with Crippen molar-refractivity contribution < 1.29 is 9.53 Å². The second-order valence-electron chi connectivity index (χ2n) is 8.03. The summed E-state index contributed by atoms with van der Waals surface area (Å²) in [5.74, 6) is 1.78. The average molecular weight is 462 g/mol. The lowest BCUT2D eigenvalue weighted by molar-refractivity contribution is 0.0953. The van der Waals surface area contributed by atoms with Crippen LogP contribution in [0.25, 0.3) is 11.0 Å². The third kappa shape index (κ3) is 5.93. The first-order valence-electron chi connectivity index (χ1n) is 11.3. The number of nitrogens with one attached hydrogen (secondary N) is 1. The predicted octanol–water partition coefficient (Wildman–Crippen LogP) is 5.83. The Labute approximate surface area is 199 Å². The molecule has 0 radical (unpaired) electrons. The number of para-hydroxylation sites is 2. The van der Waals surface area contributed by atoms with Crippen molar-refractivity contribution in [2.45, 2.75) is 32.7 Å². The highest BCUT2D eigenvalue weighted by Gasteiger charge is 2.12. The fraction of sp³-hybridized carbons (Fsp3) is 0.259. The summed E-state index contributed by atoms with van der Waals surface area (Å²) in [6.45, 7) is 4.09. The number of carbonyl (C=O) groups excluding carboxylic acids is 1. The van der Waals surface area contributed by atoms with Crippen LogP contribution in [0.5, 0.6) is 5.75 Å². The molecule has 1 N–H and O–H groups in total.